The first-order valence-electron chi connectivity index (χ1n) is 5.14. The number of nitrogens with one attached hydrogen (secondary N) is 1. The van der Waals surface area contributed by atoms with E-state index in [0.29, 0.717) is 6.04 Å². The Bertz CT molecular complexity index is 248. The van der Waals surface area contributed by atoms with E-state index in [2.05, 4.69) is 5.32 Å². The average molecular weight is 240 g/mol. The van der Waals surface area contributed by atoms with Gasteiger partial charge in [-0.25, -0.2) is 8.42 Å². The summed E-state index contributed by atoms with van der Waals surface area (Å²) >= 11 is 5.41. The van der Waals surface area contributed by atoms with Gasteiger partial charge in [-0.1, -0.05) is 6.42 Å². The molecule has 1 aliphatic rings. The van der Waals surface area contributed by atoms with E-state index in [1.54, 1.807) is 0 Å². The highest BCUT2D eigenvalue weighted by molar-refractivity contribution is 7.91. The van der Waals surface area contributed by atoms with E-state index in [0.717, 1.165) is 19.4 Å². The normalized spacial score (nSPS) is 23.6. The Hall–Kier alpha value is 0.200. The minimum Gasteiger partial charge on any atom is -0.314 e. The lowest BCUT2D eigenvalue weighted by Gasteiger charge is -2.23. The Morgan fingerprint density at radius 3 is 2.64 bits per heavy atom. The molecule has 0 aromatic carbocycles. The van der Waals surface area contributed by atoms with Crippen molar-refractivity contribution in [3.63, 3.8) is 0 Å². The molecule has 0 aliphatic carbocycles. The van der Waals surface area contributed by atoms with Crippen LogP contribution >= 0.6 is 11.6 Å². The number of alkyl halides is 1. The Labute approximate surface area is 91.1 Å². The summed E-state index contributed by atoms with van der Waals surface area (Å²) in [5, 5.41) is 3.34. The molecule has 1 atom stereocenters. The predicted octanol–water partition coefficient (Wildman–Crippen LogP) is 1.17. The monoisotopic (exact) mass is 239 g/mol. The lowest BCUT2D eigenvalue weighted by atomic mass is 10.0. The average Bonchev–Trinajstić information content (AvgIpc) is 2.17. The van der Waals surface area contributed by atoms with Crippen molar-refractivity contribution in [3.05, 3.63) is 0 Å². The standard InChI is InChI=1S/C9H18ClNO2S/c10-5-8-14(12,13)7-4-9-3-1-2-6-11-9/h9,11H,1-8H2. The van der Waals surface area contributed by atoms with Crippen LogP contribution in [0.4, 0.5) is 0 Å². The number of hydrogen-bond donors (Lipinski definition) is 1. The van der Waals surface area contributed by atoms with Crippen molar-refractivity contribution in [2.24, 2.45) is 0 Å². The molecule has 1 unspecified atom stereocenters. The van der Waals surface area contributed by atoms with E-state index < -0.39 is 9.84 Å². The molecule has 0 saturated carbocycles. The molecule has 0 spiro atoms. The molecule has 0 aromatic heterocycles. The second kappa shape index (κ2) is 5.93. The largest absolute Gasteiger partial charge is 0.314 e. The number of halogens is 1. The van der Waals surface area contributed by atoms with Gasteiger partial charge in [0.1, 0.15) is 0 Å². The zero-order valence-electron chi connectivity index (χ0n) is 8.34. The van der Waals surface area contributed by atoms with Crippen LogP contribution in [0.3, 0.4) is 0 Å². The van der Waals surface area contributed by atoms with Gasteiger partial charge < -0.3 is 5.32 Å². The van der Waals surface area contributed by atoms with Crippen LogP contribution < -0.4 is 5.32 Å². The molecule has 1 fully saturated rings. The number of piperidine rings is 1. The summed E-state index contributed by atoms with van der Waals surface area (Å²) in [6, 6.07) is 0.397. The van der Waals surface area contributed by atoms with Crippen LogP contribution in [0.2, 0.25) is 0 Å². The van der Waals surface area contributed by atoms with E-state index in [-0.39, 0.29) is 17.4 Å². The van der Waals surface area contributed by atoms with Gasteiger partial charge in [-0.15, -0.1) is 11.6 Å². The maximum absolute atomic E-state index is 11.4. The molecule has 14 heavy (non-hydrogen) atoms. The van der Waals surface area contributed by atoms with Gasteiger partial charge in [0.15, 0.2) is 9.84 Å². The van der Waals surface area contributed by atoms with Crippen LogP contribution in [0, 0.1) is 0 Å². The van der Waals surface area contributed by atoms with Gasteiger partial charge in [-0.3, -0.25) is 0 Å². The highest BCUT2D eigenvalue weighted by atomic mass is 35.5. The zero-order valence-corrected chi connectivity index (χ0v) is 9.91. The zero-order chi connectivity index (χ0) is 10.4. The summed E-state index contributed by atoms with van der Waals surface area (Å²) in [6.07, 6.45) is 4.27. The van der Waals surface area contributed by atoms with Gasteiger partial charge in [0, 0.05) is 11.9 Å². The molecule has 0 aromatic rings. The summed E-state index contributed by atoms with van der Waals surface area (Å²) < 4.78 is 22.7. The Morgan fingerprint density at radius 2 is 2.07 bits per heavy atom. The van der Waals surface area contributed by atoms with Crippen molar-refractivity contribution in [3.8, 4) is 0 Å². The van der Waals surface area contributed by atoms with Crippen molar-refractivity contribution in [2.45, 2.75) is 31.7 Å². The second-order valence-electron chi connectivity index (χ2n) is 3.78. The molecule has 0 bridgehead atoms. The van der Waals surface area contributed by atoms with Gasteiger partial charge in [0.05, 0.1) is 11.5 Å². The summed E-state index contributed by atoms with van der Waals surface area (Å²) in [6.45, 7) is 1.03. The first kappa shape index (κ1) is 12.3. The summed E-state index contributed by atoms with van der Waals surface area (Å²) in [4.78, 5) is 0. The quantitative estimate of drug-likeness (QED) is 0.733. The highest BCUT2D eigenvalue weighted by Gasteiger charge is 2.16. The number of sulfone groups is 1. The minimum atomic E-state index is -2.90. The molecule has 1 heterocycles. The molecule has 1 aliphatic heterocycles. The Kier molecular flexibility index (Phi) is 5.20. The van der Waals surface area contributed by atoms with Gasteiger partial charge in [0.25, 0.3) is 0 Å². The fourth-order valence-corrected chi connectivity index (χ4v) is 3.50. The maximum atomic E-state index is 11.4. The van der Waals surface area contributed by atoms with E-state index in [1.165, 1.54) is 12.8 Å². The first-order chi connectivity index (χ1) is 6.64. The highest BCUT2D eigenvalue weighted by Crippen LogP contribution is 2.11. The molecule has 84 valence electrons. The molecular formula is C9H18ClNO2S. The lowest BCUT2D eigenvalue weighted by Crippen LogP contribution is -2.35. The van der Waals surface area contributed by atoms with Crippen molar-refractivity contribution >= 4 is 21.4 Å². The minimum absolute atomic E-state index is 0.112. The van der Waals surface area contributed by atoms with Crippen molar-refractivity contribution in [1.29, 1.82) is 0 Å². The molecule has 1 rings (SSSR count). The summed E-state index contributed by atoms with van der Waals surface area (Å²) in [5.41, 5.74) is 0. The molecule has 1 N–H and O–H groups in total. The smallest absolute Gasteiger partial charge is 0.151 e. The number of hydrogen-bond acceptors (Lipinski definition) is 3. The van der Waals surface area contributed by atoms with E-state index in [9.17, 15) is 8.42 Å². The van der Waals surface area contributed by atoms with Crippen molar-refractivity contribution in [2.75, 3.05) is 23.9 Å². The first-order valence-corrected chi connectivity index (χ1v) is 7.49. The van der Waals surface area contributed by atoms with E-state index in [1.807, 2.05) is 0 Å². The van der Waals surface area contributed by atoms with Gasteiger partial charge >= 0.3 is 0 Å². The van der Waals surface area contributed by atoms with Gasteiger partial charge in [0.2, 0.25) is 0 Å². The van der Waals surface area contributed by atoms with Crippen LogP contribution in [0.1, 0.15) is 25.7 Å². The SMILES string of the molecule is O=S(=O)(CCCl)CCC1CCCCN1. The fourth-order valence-electron chi connectivity index (χ4n) is 1.71. The van der Waals surface area contributed by atoms with Gasteiger partial charge in [-0.05, 0) is 25.8 Å². The molecule has 0 radical (unpaired) electrons. The molecule has 3 nitrogen and oxygen atoms in total. The summed E-state index contributed by atoms with van der Waals surface area (Å²) in [5.74, 6) is 0.596. The van der Waals surface area contributed by atoms with Crippen LogP contribution in [0.25, 0.3) is 0 Å². The van der Waals surface area contributed by atoms with Gasteiger partial charge in [-0.2, -0.15) is 0 Å². The third-order valence-electron chi connectivity index (χ3n) is 2.58. The van der Waals surface area contributed by atoms with Crippen LogP contribution in [0.5, 0.6) is 0 Å². The Balaban J connectivity index is 2.24. The molecule has 0 amide bonds. The summed E-state index contributed by atoms with van der Waals surface area (Å²) in [7, 11) is -2.90. The second-order valence-corrected chi connectivity index (χ2v) is 6.46. The Morgan fingerprint density at radius 1 is 1.29 bits per heavy atom. The van der Waals surface area contributed by atoms with Crippen LogP contribution in [0.15, 0.2) is 0 Å². The predicted molar refractivity (Wildman–Crippen MR) is 59.6 cm³/mol. The van der Waals surface area contributed by atoms with Crippen molar-refractivity contribution < 1.29 is 8.42 Å². The third-order valence-corrected chi connectivity index (χ3v) is 4.67. The topological polar surface area (TPSA) is 46.2 Å². The molecule has 5 heteroatoms. The molecule has 1 saturated heterocycles. The van der Waals surface area contributed by atoms with E-state index >= 15 is 0 Å². The van der Waals surface area contributed by atoms with E-state index in [4.69, 9.17) is 11.6 Å². The number of rotatable bonds is 5. The maximum Gasteiger partial charge on any atom is 0.151 e. The third kappa shape index (κ3) is 4.62. The van der Waals surface area contributed by atoms with Crippen LogP contribution in [-0.4, -0.2) is 38.4 Å². The lowest BCUT2D eigenvalue weighted by molar-refractivity contribution is 0.392. The fraction of sp³-hybridized carbons (Fsp3) is 1.00. The molecular weight excluding hydrogens is 222 g/mol. The van der Waals surface area contributed by atoms with Crippen LogP contribution in [-0.2, 0) is 9.84 Å². The van der Waals surface area contributed by atoms with Crippen molar-refractivity contribution in [1.82, 2.24) is 5.32 Å².